The predicted molar refractivity (Wildman–Crippen MR) is 141 cm³/mol. The van der Waals surface area contributed by atoms with Crippen molar-refractivity contribution in [3.63, 3.8) is 0 Å². The third-order valence-electron chi connectivity index (χ3n) is 7.07. The lowest BCUT2D eigenvalue weighted by atomic mass is 9.92. The fourth-order valence-corrected chi connectivity index (χ4v) is 5.29. The third kappa shape index (κ3) is 4.93. The summed E-state index contributed by atoms with van der Waals surface area (Å²) in [7, 11) is 0. The van der Waals surface area contributed by atoms with E-state index in [1.807, 2.05) is 37.4 Å². The number of pyridine rings is 3. The number of carbonyl (C=O) groups excluding carboxylic acids is 1. The SMILES string of the molecule is Cc1cc(-c2ccn3nc(Nc4ccc(C(N)=O)cn4)cc3c2)c(O[C@H]2C[C@H]3COC[C@@H](C2)N3C(=O)O)cn1. The van der Waals surface area contributed by atoms with Gasteiger partial charge in [0.05, 0.1) is 42.6 Å². The van der Waals surface area contributed by atoms with E-state index in [1.165, 1.54) is 11.1 Å². The molecule has 4 N–H and O–H groups in total. The Morgan fingerprint density at radius 2 is 1.87 bits per heavy atom. The zero-order valence-electron chi connectivity index (χ0n) is 21.2. The highest BCUT2D eigenvalue weighted by molar-refractivity contribution is 5.92. The van der Waals surface area contributed by atoms with Crippen LogP contribution in [0.1, 0.15) is 28.9 Å². The van der Waals surface area contributed by atoms with Gasteiger partial charge >= 0.3 is 6.09 Å². The number of ether oxygens (including phenoxy) is 2. The van der Waals surface area contributed by atoms with Crippen LogP contribution in [-0.4, -0.2) is 73.0 Å². The highest BCUT2D eigenvalue weighted by atomic mass is 16.5. The number of hydrogen-bond acceptors (Lipinski definition) is 8. The van der Waals surface area contributed by atoms with Crippen LogP contribution < -0.4 is 15.8 Å². The highest BCUT2D eigenvalue weighted by Gasteiger charge is 2.42. The molecule has 2 saturated heterocycles. The van der Waals surface area contributed by atoms with Crippen molar-refractivity contribution >= 4 is 29.2 Å². The van der Waals surface area contributed by atoms with Gasteiger partial charge in [-0.15, -0.1) is 0 Å². The number of hydrogen-bond donors (Lipinski definition) is 3. The first-order valence-electron chi connectivity index (χ1n) is 12.6. The van der Waals surface area contributed by atoms with Crippen molar-refractivity contribution in [3.8, 4) is 16.9 Å². The Kier molecular flexibility index (Phi) is 6.23. The topological polar surface area (TPSA) is 157 Å². The van der Waals surface area contributed by atoms with Crippen molar-refractivity contribution < 1.29 is 24.2 Å². The summed E-state index contributed by atoms with van der Waals surface area (Å²) in [5, 5.41) is 17.3. The van der Waals surface area contributed by atoms with Crippen molar-refractivity contribution in [3.05, 3.63) is 66.2 Å². The van der Waals surface area contributed by atoms with E-state index in [9.17, 15) is 14.7 Å². The summed E-state index contributed by atoms with van der Waals surface area (Å²) < 4.78 is 13.8. The van der Waals surface area contributed by atoms with Gasteiger partial charge in [0.2, 0.25) is 5.91 Å². The van der Waals surface area contributed by atoms with Crippen LogP contribution in [0.4, 0.5) is 16.4 Å². The molecule has 12 heteroatoms. The number of anilines is 2. The molecular formula is C27H27N7O5. The number of morpholine rings is 1. The Morgan fingerprint density at radius 3 is 2.56 bits per heavy atom. The molecule has 0 spiro atoms. The Morgan fingerprint density at radius 1 is 1.08 bits per heavy atom. The fraction of sp³-hybridized carbons (Fsp3) is 0.296. The lowest BCUT2D eigenvalue weighted by Crippen LogP contribution is -2.60. The first-order chi connectivity index (χ1) is 18.8. The van der Waals surface area contributed by atoms with Crippen LogP contribution >= 0.6 is 0 Å². The smallest absolute Gasteiger partial charge is 0.407 e. The summed E-state index contributed by atoms with van der Waals surface area (Å²) in [6, 6.07) is 10.7. The molecule has 2 aliphatic heterocycles. The van der Waals surface area contributed by atoms with Crippen molar-refractivity contribution in [2.45, 2.75) is 38.0 Å². The number of rotatable bonds is 6. The quantitative estimate of drug-likeness (QED) is 0.341. The van der Waals surface area contributed by atoms with E-state index in [0.29, 0.717) is 49.0 Å². The number of nitrogens with zero attached hydrogens (tertiary/aromatic N) is 5. The minimum atomic E-state index is -0.911. The third-order valence-corrected chi connectivity index (χ3v) is 7.07. The number of carbonyl (C=O) groups is 2. The Bertz CT molecular complexity index is 1540. The minimum absolute atomic E-state index is 0.147. The van der Waals surface area contributed by atoms with E-state index >= 15 is 0 Å². The molecule has 6 heterocycles. The Hall–Kier alpha value is -4.71. The monoisotopic (exact) mass is 529 g/mol. The molecule has 0 aliphatic carbocycles. The number of amides is 2. The fourth-order valence-electron chi connectivity index (χ4n) is 5.29. The number of aromatic nitrogens is 4. The van der Waals surface area contributed by atoms with Crippen molar-refractivity contribution in [1.29, 1.82) is 0 Å². The summed E-state index contributed by atoms with van der Waals surface area (Å²) >= 11 is 0. The van der Waals surface area contributed by atoms with E-state index in [2.05, 4.69) is 20.4 Å². The number of primary amides is 1. The first kappa shape index (κ1) is 24.6. The van der Waals surface area contributed by atoms with Crippen LogP contribution in [0.3, 0.4) is 0 Å². The molecule has 39 heavy (non-hydrogen) atoms. The number of fused-ring (bicyclic) bond motifs is 3. The molecule has 200 valence electrons. The van der Waals surface area contributed by atoms with E-state index in [1.54, 1.807) is 22.8 Å². The zero-order chi connectivity index (χ0) is 27.1. The lowest BCUT2D eigenvalue weighted by Gasteiger charge is -2.46. The molecular weight excluding hydrogens is 502 g/mol. The summed E-state index contributed by atoms with van der Waals surface area (Å²) in [4.78, 5) is 33.2. The van der Waals surface area contributed by atoms with E-state index < -0.39 is 12.0 Å². The lowest BCUT2D eigenvalue weighted by molar-refractivity contribution is -0.0857. The number of nitrogens with one attached hydrogen (secondary N) is 1. The summed E-state index contributed by atoms with van der Waals surface area (Å²) in [5.74, 6) is 1.24. The normalized spacial score (nSPS) is 20.5. The highest BCUT2D eigenvalue weighted by Crippen LogP contribution is 2.35. The second-order valence-electron chi connectivity index (χ2n) is 9.80. The van der Waals surface area contributed by atoms with Gasteiger partial charge in [0.1, 0.15) is 17.7 Å². The molecule has 0 saturated carbocycles. The molecule has 0 aromatic carbocycles. The molecule has 6 rings (SSSR count). The maximum atomic E-state index is 11.7. The molecule has 4 aromatic heterocycles. The second-order valence-corrected chi connectivity index (χ2v) is 9.80. The number of aryl methyl sites for hydroxylation is 1. The molecule has 3 atom stereocenters. The van der Waals surface area contributed by atoms with Gasteiger partial charge in [0, 0.05) is 42.6 Å². The summed E-state index contributed by atoms with van der Waals surface area (Å²) in [5.41, 5.74) is 9.15. The van der Waals surface area contributed by atoms with Gasteiger partial charge < -0.3 is 25.6 Å². The molecule has 2 amide bonds. The molecule has 0 radical (unpaired) electrons. The molecule has 2 bridgehead atoms. The van der Waals surface area contributed by atoms with Crippen LogP contribution in [0.5, 0.6) is 5.75 Å². The van der Waals surface area contributed by atoms with Crippen LogP contribution in [0.25, 0.3) is 16.6 Å². The first-order valence-corrected chi connectivity index (χ1v) is 12.6. The summed E-state index contributed by atoms with van der Waals surface area (Å²) in [6.45, 7) is 2.68. The standard InChI is InChI=1S/C27H27N7O5/c1-15-6-22(23(12-29-15)39-21-8-19-13-38-14-20(9-21)34(19)27(36)37)16-4-5-33-18(7-16)10-25(32-33)31-24-3-2-17(11-30-24)26(28)35/h2-7,10-12,19-21H,8-9,13-14H2,1H3,(H2,28,35)(H,36,37)(H,30,31,32)/t19-,20+,21-. The van der Waals surface area contributed by atoms with Gasteiger partial charge in [-0.05, 0) is 42.8 Å². The van der Waals surface area contributed by atoms with Gasteiger partial charge in [0.25, 0.3) is 0 Å². The van der Waals surface area contributed by atoms with Crippen molar-refractivity contribution in [2.24, 2.45) is 5.73 Å². The van der Waals surface area contributed by atoms with Gasteiger partial charge in [-0.25, -0.2) is 14.3 Å². The van der Waals surface area contributed by atoms with Crippen molar-refractivity contribution in [1.82, 2.24) is 24.5 Å². The van der Waals surface area contributed by atoms with Crippen LogP contribution in [-0.2, 0) is 4.74 Å². The van der Waals surface area contributed by atoms with Crippen LogP contribution in [0.2, 0.25) is 0 Å². The second kappa shape index (κ2) is 9.87. The van der Waals surface area contributed by atoms with Gasteiger partial charge in [0.15, 0.2) is 5.82 Å². The maximum absolute atomic E-state index is 11.7. The Balaban J connectivity index is 1.24. The van der Waals surface area contributed by atoms with E-state index in [4.69, 9.17) is 15.2 Å². The average molecular weight is 530 g/mol. The molecule has 4 aromatic rings. The molecule has 0 unspecified atom stereocenters. The number of nitrogens with two attached hydrogens (primary N) is 1. The van der Waals surface area contributed by atoms with Gasteiger partial charge in [-0.3, -0.25) is 14.7 Å². The van der Waals surface area contributed by atoms with Gasteiger partial charge in [-0.1, -0.05) is 0 Å². The number of carboxylic acid groups (broad SMARTS) is 1. The predicted octanol–water partition coefficient (Wildman–Crippen LogP) is 3.23. The van der Waals surface area contributed by atoms with Crippen LogP contribution in [0, 0.1) is 6.92 Å². The zero-order valence-corrected chi connectivity index (χ0v) is 21.2. The minimum Gasteiger partial charge on any atom is -0.488 e. The Labute approximate surface area is 223 Å². The van der Waals surface area contributed by atoms with E-state index in [-0.39, 0.29) is 18.2 Å². The van der Waals surface area contributed by atoms with Crippen LogP contribution in [0.15, 0.2) is 55.0 Å². The van der Waals surface area contributed by atoms with Crippen molar-refractivity contribution in [2.75, 3.05) is 18.5 Å². The molecule has 2 aliphatic rings. The largest absolute Gasteiger partial charge is 0.488 e. The summed E-state index contributed by atoms with van der Waals surface area (Å²) in [6.07, 6.45) is 5.07. The van der Waals surface area contributed by atoms with E-state index in [0.717, 1.165) is 22.3 Å². The number of piperidine rings is 1. The maximum Gasteiger partial charge on any atom is 0.407 e. The molecule has 2 fully saturated rings. The van der Waals surface area contributed by atoms with Gasteiger partial charge in [-0.2, -0.15) is 5.10 Å². The average Bonchev–Trinajstić information content (AvgIpc) is 3.31. The molecule has 12 nitrogen and oxygen atoms in total.